The molecular formula is C34H39N5O2S. The van der Waals surface area contributed by atoms with Gasteiger partial charge in [0.05, 0.1) is 34.7 Å². The van der Waals surface area contributed by atoms with E-state index < -0.39 is 0 Å². The maximum Gasteiger partial charge on any atom is 0.116 e. The number of aromatic nitrogens is 3. The molecule has 0 amide bonds. The number of ether oxygens (including phenoxy) is 2. The smallest absolute Gasteiger partial charge is 0.116 e. The number of piperidine rings is 1. The Morgan fingerprint density at radius 3 is 2.74 bits per heavy atom. The molecule has 0 saturated carbocycles. The summed E-state index contributed by atoms with van der Waals surface area (Å²) in [5, 5.41) is 1.25. The molecule has 42 heavy (non-hydrogen) atoms. The van der Waals surface area contributed by atoms with E-state index in [0.29, 0.717) is 12.5 Å². The van der Waals surface area contributed by atoms with Crippen molar-refractivity contribution in [1.82, 2.24) is 24.8 Å². The quantitative estimate of drug-likeness (QED) is 0.223. The summed E-state index contributed by atoms with van der Waals surface area (Å²) in [6.45, 7) is 6.81. The van der Waals surface area contributed by atoms with E-state index >= 15 is 0 Å². The summed E-state index contributed by atoms with van der Waals surface area (Å²) in [4.78, 5) is 18.9. The Balaban J connectivity index is 1.15. The number of nitrogens with zero attached hydrogens (tertiary/aromatic N) is 4. The Morgan fingerprint density at radius 1 is 1.07 bits per heavy atom. The Morgan fingerprint density at radius 2 is 1.93 bits per heavy atom. The second kappa shape index (κ2) is 11.9. The third-order valence-corrected chi connectivity index (χ3v) is 10.6. The van der Waals surface area contributed by atoms with Crippen molar-refractivity contribution in [1.29, 1.82) is 0 Å². The van der Waals surface area contributed by atoms with Gasteiger partial charge in [-0.3, -0.25) is 9.80 Å². The minimum absolute atomic E-state index is 0.0233. The van der Waals surface area contributed by atoms with Crippen LogP contribution in [0.15, 0.2) is 79.4 Å². The Kier molecular flexibility index (Phi) is 7.82. The van der Waals surface area contributed by atoms with E-state index in [0.717, 1.165) is 61.2 Å². The third kappa shape index (κ3) is 5.38. The molecule has 5 aromatic rings. The van der Waals surface area contributed by atoms with Gasteiger partial charge in [0.1, 0.15) is 6.33 Å². The maximum atomic E-state index is 6.43. The van der Waals surface area contributed by atoms with Crippen molar-refractivity contribution in [3.63, 3.8) is 0 Å². The van der Waals surface area contributed by atoms with Crippen molar-refractivity contribution >= 4 is 32.5 Å². The Bertz CT molecular complexity index is 1600. The molecule has 0 spiro atoms. The van der Waals surface area contributed by atoms with Crippen molar-refractivity contribution in [2.75, 3.05) is 39.9 Å². The maximum absolute atomic E-state index is 6.43. The number of benzene rings is 2. The van der Waals surface area contributed by atoms with Crippen molar-refractivity contribution in [3.8, 4) is 0 Å². The largest absolute Gasteiger partial charge is 0.378 e. The molecule has 8 heteroatoms. The van der Waals surface area contributed by atoms with E-state index in [1.54, 1.807) is 6.33 Å². The van der Waals surface area contributed by atoms with Crippen LogP contribution < -0.4 is 0 Å². The predicted octanol–water partition coefficient (Wildman–Crippen LogP) is 6.60. The van der Waals surface area contributed by atoms with E-state index in [2.05, 4.69) is 92.3 Å². The molecule has 3 unspecified atom stereocenters. The van der Waals surface area contributed by atoms with Crippen molar-refractivity contribution in [2.24, 2.45) is 5.92 Å². The van der Waals surface area contributed by atoms with Gasteiger partial charge >= 0.3 is 0 Å². The highest BCUT2D eigenvalue weighted by molar-refractivity contribution is 7.19. The van der Waals surface area contributed by atoms with Crippen LogP contribution in [0.4, 0.5) is 0 Å². The summed E-state index contributed by atoms with van der Waals surface area (Å²) in [5.74, 6) is 0.497. The van der Waals surface area contributed by atoms with Crippen LogP contribution in [0.5, 0.6) is 0 Å². The minimum Gasteiger partial charge on any atom is -0.378 e. The molecule has 7 rings (SSSR count). The molecule has 2 saturated heterocycles. The summed E-state index contributed by atoms with van der Waals surface area (Å²) < 4.78 is 13.8. The highest BCUT2D eigenvalue weighted by Gasteiger charge is 2.40. The first-order chi connectivity index (χ1) is 20.6. The van der Waals surface area contributed by atoms with E-state index in [1.165, 1.54) is 21.4 Å². The standard InChI is InChI=1S/C34H39N5O2S/c1-34(40-2,20-24-7-4-3-5-8-24)25-12-15-38(16-13-25)33(31-19-29-32(42-31)21-35-23-37-29)39-17-18-41-30(22-39)27-9-6-10-28-26(27)11-14-36-28/h3-11,14,19,21,23,25,30,33,36H,12-13,15-18,20,22H2,1-2H3. The monoisotopic (exact) mass is 581 g/mol. The Labute approximate surface area is 251 Å². The third-order valence-electron chi connectivity index (χ3n) is 9.49. The normalized spacial score (nSPS) is 21.5. The van der Waals surface area contributed by atoms with Gasteiger partial charge < -0.3 is 14.5 Å². The van der Waals surface area contributed by atoms with Gasteiger partial charge in [-0.25, -0.2) is 9.97 Å². The molecule has 2 aliphatic heterocycles. The van der Waals surface area contributed by atoms with Gasteiger partial charge in [-0.2, -0.15) is 0 Å². The highest BCUT2D eigenvalue weighted by atomic mass is 32.1. The molecule has 7 nitrogen and oxygen atoms in total. The van der Waals surface area contributed by atoms with Crippen LogP contribution in [-0.2, 0) is 15.9 Å². The average Bonchev–Trinajstić information content (AvgIpc) is 3.69. The molecule has 218 valence electrons. The van der Waals surface area contributed by atoms with Gasteiger partial charge in [-0.15, -0.1) is 11.3 Å². The topological polar surface area (TPSA) is 66.5 Å². The van der Waals surface area contributed by atoms with E-state index in [-0.39, 0.29) is 17.9 Å². The molecule has 0 bridgehead atoms. The van der Waals surface area contributed by atoms with E-state index in [4.69, 9.17) is 9.47 Å². The predicted molar refractivity (Wildman–Crippen MR) is 169 cm³/mol. The number of methoxy groups -OCH3 is 1. The first-order valence-corrected chi connectivity index (χ1v) is 15.9. The summed E-state index contributed by atoms with van der Waals surface area (Å²) >= 11 is 1.83. The van der Waals surface area contributed by atoms with Crippen LogP contribution in [0.25, 0.3) is 21.1 Å². The average molecular weight is 582 g/mol. The molecule has 2 aliphatic rings. The van der Waals surface area contributed by atoms with Crippen molar-refractivity contribution in [2.45, 2.75) is 44.1 Å². The zero-order valence-corrected chi connectivity index (χ0v) is 25.2. The number of likely N-dealkylation sites (tertiary alicyclic amines) is 1. The van der Waals surface area contributed by atoms with Gasteiger partial charge in [0.25, 0.3) is 0 Å². The molecule has 0 aliphatic carbocycles. The molecule has 0 radical (unpaired) electrons. The second-order valence-corrected chi connectivity index (χ2v) is 13.0. The SMILES string of the molecule is COC(C)(Cc1ccccc1)C1CCN(C(c2cc3ncncc3s2)N2CCOC(c3cccc4[nH]ccc34)C2)CC1. The van der Waals surface area contributed by atoms with Gasteiger partial charge in [0, 0.05) is 67.9 Å². The van der Waals surface area contributed by atoms with Crippen LogP contribution in [0.2, 0.25) is 0 Å². The first kappa shape index (κ1) is 27.7. The molecule has 3 aromatic heterocycles. The van der Waals surface area contributed by atoms with Crippen LogP contribution in [0.3, 0.4) is 0 Å². The second-order valence-electron chi connectivity index (χ2n) is 11.9. The van der Waals surface area contributed by atoms with Crippen LogP contribution in [0.1, 0.15) is 48.0 Å². The number of H-pyrrole nitrogens is 1. The molecule has 2 aromatic carbocycles. The number of aromatic amines is 1. The summed E-state index contributed by atoms with van der Waals surface area (Å²) in [6, 6.07) is 21.7. The molecule has 1 N–H and O–H groups in total. The number of thiophene rings is 1. The molecular weight excluding hydrogens is 542 g/mol. The fraction of sp³-hybridized carbons (Fsp3) is 0.412. The van der Waals surface area contributed by atoms with Gasteiger partial charge in [-0.1, -0.05) is 42.5 Å². The summed E-state index contributed by atoms with van der Waals surface area (Å²) in [7, 11) is 1.88. The lowest BCUT2D eigenvalue weighted by Crippen LogP contribution is -2.52. The highest BCUT2D eigenvalue weighted by Crippen LogP contribution is 2.41. The minimum atomic E-state index is -0.185. The number of nitrogens with one attached hydrogen (secondary N) is 1. The van der Waals surface area contributed by atoms with Crippen molar-refractivity contribution in [3.05, 3.63) is 95.4 Å². The summed E-state index contributed by atoms with van der Waals surface area (Å²) in [5.41, 5.74) is 4.60. The van der Waals surface area contributed by atoms with Crippen LogP contribution >= 0.6 is 11.3 Å². The lowest BCUT2D eigenvalue weighted by Gasteiger charge is -2.47. The Hall–Kier alpha value is -3.14. The van der Waals surface area contributed by atoms with Crippen LogP contribution in [-0.4, -0.2) is 70.2 Å². The first-order valence-electron chi connectivity index (χ1n) is 15.1. The lowest BCUT2D eigenvalue weighted by molar-refractivity contribution is -0.0991. The van der Waals surface area contributed by atoms with Gasteiger partial charge in [0.15, 0.2) is 0 Å². The molecule has 2 fully saturated rings. The summed E-state index contributed by atoms with van der Waals surface area (Å²) in [6.07, 6.45) is 8.96. The van der Waals surface area contributed by atoms with Gasteiger partial charge in [0.2, 0.25) is 0 Å². The number of hydrogen-bond donors (Lipinski definition) is 1. The fourth-order valence-corrected chi connectivity index (χ4v) is 8.29. The van der Waals surface area contributed by atoms with Crippen LogP contribution in [0, 0.1) is 5.92 Å². The molecule has 5 heterocycles. The van der Waals surface area contributed by atoms with E-state index in [9.17, 15) is 0 Å². The fourth-order valence-electron chi connectivity index (χ4n) is 7.13. The molecule has 3 atom stereocenters. The number of morpholine rings is 1. The van der Waals surface area contributed by atoms with E-state index in [1.807, 2.05) is 30.8 Å². The lowest BCUT2D eigenvalue weighted by atomic mass is 9.77. The number of hydrogen-bond acceptors (Lipinski definition) is 7. The number of rotatable bonds is 8. The number of fused-ring (bicyclic) bond motifs is 2. The zero-order chi connectivity index (χ0) is 28.5. The zero-order valence-electron chi connectivity index (χ0n) is 24.4. The van der Waals surface area contributed by atoms with Gasteiger partial charge in [-0.05, 0) is 55.0 Å². The van der Waals surface area contributed by atoms with Crippen molar-refractivity contribution < 1.29 is 9.47 Å².